The lowest BCUT2D eigenvalue weighted by atomic mass is 10.5. The van der Waals surface area contributed by atoms with Gasteiger partial charge in [0.15, 0.2) is 10.8 Å². The Morgan fingerprint density at radius 2 is 2.15 bits per heavy atom. The molecule has 0 aliphatic carbocycles. The molecule has 8 nitrogen and oxygen atoms in total. The Balaban J connectivity index is 2.40. The van der Waals surface area contributed by atoms with E-state index >= 15 is 0 Å². The van der Waals surface area contributed by atoms with Gasteiger partial charge in [0.2, 0.25) is 0 Å². The highest BCUT2D eigenvalue weighted by Crippen LogP contribution is 2.21. The van der Waals surface area contributed by atoms with Gasteiger partial charge in [-0.3, -0.25) is 4.40 Å². The quantitative estimate of drug-likeness (QED) is 0.489. The Hall–Kier alpha value is -1.68. The second-order valence-electron chi connectivity index (χ2n) is 4.54. The van der Waals surface area contributed by atoms with Crippen LogP contribution in [0.3, 0.4) is 0 Å². The number of rotatable bonds is 6. The van der Waals surface area contributed by atoms with E-state index in [1.54, 1.807) is 24.4 Å². The fourth-order valence-corrected chi connectivity index (χ4v) is 3.07. The number of hydrogen-bond acceptors (Lipinski definition) is 6. The van der Waals surface area contributed by atoms with Gasteiger partial charge in [0.1, 0.15) is 5.65 Å². The Labute approximate surface area is 117 Å². The average molecular weight is 298 g/mol. The van der Waals surface area contributed by atoms with Crippen LogP contribution in [0.5, 0.6) is 0 Å². The zero-order valence-corrected chi connectivity index (χ0v) is 12.2. The number of anilines is 1. The molecule has 2 aromatic heterocycles. The number of aromatic nitrogens is 2. The van der Waals surface area contributed by atoms with Crippen LogP contribution in [0.15, 0.2) is 29.4 Å². The molecule has 2 heterocycles. The van der Waals surface area contributed by atoms with Gasteiger partial charge in [-0.05, 0) is 26.2 Å². The maximum absolute atomic E-state index is 12.4. The number of nitrogens with one attached hydrogen (secondary N) is 2. The van der Waals surface area contributed by atoms with Crippen LogP contribution in [0, 0.1) is 0 Å². The summed E-state index contributed by atoms with van der Waals surface area (Å²) < 4.78 is 28.8. The third-order valence-corrected chi connectivity index (χ3v) is 4.21. The van der Waals surface area contributed by atoms with Crippen molar-refractivity contribution in [2.24, 2.45) is 5.84 Å². The van der Waals surface area contributed by atoms with E-state index in [-0.39, 0.29) is 10.8 Å². The highest BCUT2D eigenvalue weighted by Gasteiger charge is 2.24. The van der Waals surface area contributed by atoms with Crippen LogP contribution in [0.1, 0.15) is 0 Å². The molecule has 4 N–H and O–H groups in total. The molecule has 9 heteroatoms. The minimum atomic E-state index is -3.70. The second-order valence-corrected chi connectivity index (χ2v) is 6.22. The number of nitrogen functional groups attached to an aromatic ring is 1. The molecule has 20 heavy (non-hydrogen) atoms. The van der Waals surface area contributed by atoms with E-state index < -0.39 is 10.0 Å². The molecule has 2 rings (SSSR count). The molecule has 2 aromatic rings. The van der Waals surface area contributed by atoms with Crippen LogP contribution < -0.4 is 16.0 Å². The Morgan fingerprint density at radius 3 is 2.80 bits per heavy atom. The van der Waals surface area contributed by atoms with Crippen LogP contribution in [-0.2, 0) is 10.0 Å². The van der Waals surface area contributed by atoms with Crippen LogP contribution >= 0.6 is 0 Å². The third-order valence-electron chi connectivity index (χ3n) is 2.73. The standard InChI is InChI=1S/C11H18N6O2S/c1-16(2)8-6-13-20(18,19)11-10(15-12)14-9-5-3-4-7-17(9)11/h3-5,7,13,15H,6,8,12H2,1-2H3. The van der Waals surface area contributed by atoms with E-state index in [0.29, 0.717) is 18.7 Å². The zero-order chi connectivity index (χ0) is 14.8. The summed E-state index contributed by atoms with van der Waals surface area (Å²) in [5.74, 6) is 5.48. The van der Waals surface area contributed by atoms with Crippen molar-refractivity contribution in [3.63, 3.8) is 0 Å². The third kappa shape index (κ3) is 2.90. The van der Waals surface area contributed by atoms with Crippen LogP contribution in [0.4, 0.5) is 5.82 Å². The molecule has 0 amide bonds. The lowest BCUT2D eigenvalue weighted by Crippen LogP contribution is -2.32. The van der Waals surface area contributed by atoms with Crippen LogP contribution in [-0.4, -0.2) is 49.9 Å². The number of likely N-dealkylation sites (N-methyl/N-ethyl adjacent to an activating group) is 1. The van der Waals surface area contributed by atoms with Gasteiger partial charge < -0.3 is 10.3 Å². The summed E-state index contributed by atoms with van der Waals surface area (Å²) in [5, 5.41) is 0.00866. The summed E-state index contributed by atoms with van der Waals surface area (Å²) in [5.41, 5.74) is 2.84. The van der Waals surface area contributed by atoms with Gasteiger partial charge in [0.05, 0.1) is 0 Å². The molecule has 0 saturated heterocycles. The van der Waals surface area contributed by atoms with E-state index in [1.165, 1.54) is 4.40 Å². The van der Waals surface area contributed by atoms with Gasteiger partial charge in [-0.25, -0.2) is 24.0 Å². The molecule has 0 bridgehead atoms. The molecular formula is C11H18N6O2S. The van der Waals surface area contributed by atoms with Crippen LogP contribution in [0.25, 0.3) is 5.65 Å². The monoisotopic (exact) mass is 298 g/mol. The molecule has 0 aliphatic heterocycles. The smallest absolute Gasteiger partial charge is 0.260 e. The number of hydrazine groups is 1. The fraction of sp³-hybridized carbons (Fsp3) is 0.364. The number of nitrogens with two attached hydrogens (primary N) is 1. The second kappa shape index (κ2) is 5.75. The van der Waals surface area contributed by atoms with Crippen molar-refractivity contribution in [1.29, 1.82) is 0 Å². The lowest BCUT2D eigenvalue weighted by Gasteiger charge is -2.11. The SMILES string of the molecule is CN(C)CCNS(=O)(=O)c1c(NN)nc2ccccn12. The number of sulfonamides is 1. The summed E-state index contributed by atoms with van der Waals surface area (Å²) in [7, 11) is 0.0402. The van der Waals surface area contributed by atoms with Gasteiger partial charge in [-0.1, -0.05) is 6.07 Å². The molecule has 0 saturated carbocycles. The summed E-state index contributed by atoms with van der Waals surface area (Å²) in [4.78, 5) is 6.03. The molecule has 0 fully saturated rings. The molecular weight excluding hydrogens is 280 g/mol. The Bertz CT molecular complexity index is 694. The first-order chi connectivity index (χ1) is 9.45. The molecule has 110 valence electrons. The van der Waals surface area contributed by atoms with Crippen molar-refractivity contribution in [3.8, 4) is 0 Å². The van der Waals surface area contributed by atoms with Crippen molar-refractivity contribution in [3.05, 3.63) is 24.4 Å². The largest absolute Gasteiger partial charge is 0.308 e. The number of fused-ring (bicyclic) bond motifs is 1. The van der Waals surface area contributed by atoms with E-state index in [1.807, 2.05) is 19.0 Å². The first-order valence-corrected chi connectivity index (χ1v) is 7.52. The molecule has 0 spiro atoms. The Kier molecular flexibility index (Phi) is 4.23. The molecule has 0 aromatic carbocycles. The maximum atomic E-state index is 12.4. The normalized spacial score (nSPS) is 12.2. The van der Waals surface area contributed by atoms with Crippen LogP contribution in [0.2, 0.25) is 0 Å². The average Bonchev–Trinajstić information content (AvgIpc) is 2.77. The predicted molar refractivity (Wildman–Crippen MR) is 76.7 cm³/mol. The van der Waals surface area contributed by atoms with Crippen molar-refractivity contribution >= 4 is 21.5 Å². The summed E-state index contributed by atoms with van der Waals surface area (Å²) in [6.45, 7) is 0.904. The zero-order valence-electron chi connectivity index (χ0n) is 11.4. The predicted octanol–water partition coefficient (Wildman–Crippen LogP) is -0.540. The molecule has 0 aliphatic rings. The molecule has 0 unspecified atom stereocenters. The van der Waals surface area contributed by atoms with E-state index in [0.717, 1.165) is 0 Å². The number of pyridine rings is 1. The van der Waals surface area contributed by atoms with Crippen molar-refractivity contribution in [1.82, 2.24) is 19.0 Å². The molecule has 0 radical (unpaired) electrons. The first kappa shape index (κ1) is 14.7. The van der Waals surface area contributed by atoms with Gasteiger partial charge in [-0.15, -0.1) is 0 Å². The topological polar surface area (TPSA) is 105 Å². The van der Waals surface area contributed by atoms with E-state index in [9.17, 15) is 8.42 Å². The van der Waals surface area contributed by atoms with Gasteiger partial charge in [-0.2, -0.15) is 0 Å². The van der Waals surface area contributed by atoms with Gasteiger partial charge in [0.25, 0.3) is 10.0 Å². The number of imidazole rings is 1. The maximum Gasteiger partial charge on any atom is 0.260 e. The van der Waals surface area contributed by atoms with Gasteiger partial charge in [0, 0.05) is 19.3 Å². The minimum Gasteiger partial charge on any atom is -0.308 e. The molecule has 0 atom stereocenters. The fourth-order valence-electron chi connectivity index (χ4n) is 1.80. The van der Waals surface area contributed by atoms with Crippen molar-refractivity contribution in [2.75, 3.05) is 32.6 Å². The number of nitrogens with zero attached hydrogens (tertiary/aromatic N) is 3. The van der Waals surface area contributed by atoms with Gasteiger partial charge >= 0.3 is 0 Å². The summed E-state index contributed by atoms with van der Waals surface area (Å²) in [6.07, 6.45) is 1.63. The van der Waals surface area contributed by atoms with Crippen molar-refractivity contribution < 1.29 is 8.42 Å². The first-order valence-electron chi connectivity index (χ1n) is 6.04. The highest BCUT2D eigenvalue weighted by atomic mass is 32.2. The number of hydrogen-bond donors (Lipinski definition) is 3. The highest BCUT2D eigenvalue weighted by molar-refractivity contribution is 7.89. The van der Waals surface area contributed by atoms with E-state index in [4.69, 9.17) is 5.84 Å². The minimum absolute atomic E-state index is 0.00866. The summed E-state index contributed by atoms with van der Waals surface area (Å²) in [6, 6.07) is 5.21. The Morgan fingerprint density at radius 1 is 1.40 bits per heavy atom. The summed E-state index contributed by atoms with van der Waals surface area (Å²) >= 11 is 0. The lowest BCUT2D eigenvalue weighted by molar-refractivity contribution is 0.412. The van der Waals surface area contributed by atoms with E-state index in [2.05, 4.69) is 15.1 Å². The van der Waals surface area contributed by atoms with Crippen molar-refractivity contribution in [2.45, 2.75) is 5.03 Å².